The molecule has 0 bridgehead atoms. The van der Waals surface area contributed by atoms with E-state index >= 15 is 0 Å². The van der Waals surface area contributed by atoms with E-state index in [1.165, 1.54) is 24.3 Å². The highest BCUT2D eigenvalue weighted by molar-refractivity contribution is 8.00. The van der Waals surface area contributed by atoms with Crippen LogP contribution in [0.5, 0.6) is 0 Å². The average molecular weight is 217 g/mol. The second-order valence-electron chi connectivity index (χ2n) is 2.53. The normalized spacial score (nSPS) is 11.0. The van der Waals surface area contributed by atoms with Gasteiger partial charge < -0.3 is 0 Å². The molecule has 74 valence electrons. The van der Waals surface area contributed by atoms with Crippen molar-refractivity contribution in [2.75, 3.05) is 0 Å². The van der Waals surface area contributed by atoms with Gasteiger partial charge in [0.05, 0.1) is 12.5 Å². The third-order valence-electron chi connectivity index (χ3n) is 1.44. The van der Waals surface area contributed by atoms with Crippen molar-refractivity contribution in [1.29, 1.82) is 5.26 Å². The number of halogens is 3. The van der Waals surface area contributed by atoms with Crippen molar-refractivity contribution in [1.82, 2.24) is 0 Å². The van der Waals surface area contributed by atoms with Crippen molar-refractivity contribution in [3.05, 3.63) is 29.8 Å². The summed E-state index contributed by atoms with van der Waals surface area (Å²) in [6.45, 7) is 0. The van der Waals surface area contributed by atoms with E-state index in [-0.39, 0.29) is 23.1 Å². The van der Waals surface area contributed by atoms with Crippen LogP contribution in [0.2, 0.25) is 0 Å². The molecular formula is C9H6F3NS. The molecular weight excluding hydrogens is 211 g/mol. The minimum Gasteiger partial charge on any atom is -0.198 e. The van der Waals surface area contributed by atoms with Crippen molar-refractivity contribution in [3.63, 3.8) is 0 Å². The van der Waals surface area contributed by atoms with Crippen molar-refractivity contribution in [2.24, 2.45) is 0 Å². The summed E-state index contributed by atoms with van der Waals surface area (Å²) in [6, 6.07) is 7.70. The summed E-state index contributed by atoms with van der Waals surface area (Å²) in [7, 11) is 0. The molecule has 0 saturated carbocycles. The van der Waals surface area contributed by atoms with E-state index in [1.54, 1.807) is 0 Å². The molecule has 1 nitrogen and oxygen atoms in total. The summed E-state index contributed by atoms with van der Waals surface area (Å²) in [5.41, 5.74) is -3.53. The molecule has 0 aliphatic rings. The largest absolute Gasteiger partial charge is 0.446 e. The maximum Gasteiger partial charge on any atom is 0.446 e. The van der Waals surface area contributed by atoms with Gasteiger partial charge in [0.1, 0.15) is 0 Å². The van der Waals surface area contributed by atoms with Crippen LogP contribution in [0.4, 0.5) is 13.2 Å². The summed E-state index contributed by atoms with van der Waals surface area (Å²) in [4.78, 5) is 0.138. The minimum atomic E-state index is -4.25. The molecule has 1 aromatic carbocycles. The van der Waals surface area contributed by atoms with Crippen molar-refractivity contribution in [2.45, 2.75) is 16.8 Å². The van der Waals surface area contributed by atoms with Crippen LogP contribution in [-0.2, 0) is 6.42 Å². The third kappa shape index (κ3) is 3.71. The van der Waals surface area contributed by atoms with Gasteiger partial charge >= 0.3 is 5.51 Å². The second-order valence-corrected chi connectivity index (χ2v) is 3.67. The lowest BCUT2D eigenvalue weighted by Gasteiger charge is -2.05. The van der Waals surface area contributed by atoms with Gasteiger partial charge in [-0.2, -0.15) is 18.4 Å². The summed E-state index contributed by atoms with van der Waals surface area (Å²) in [5.74, 6) is 0. The smallest absolute Gasteiger partial charge is 0.198 e. The number of hydrogen-bond donors (Lipinski definition) is 0. The Morgan fingerprint density at radius 2 is 1.79 bits per heavy atom. The highest BCUT2D eigenvalue weighted by atomic mass is 32.2. The Bertz CT molecular complexity index is 337. The van der Waals surface area contributed by atoms with E-state index in [2.05, 4.69) is 0 Å². The summed E-state index contributed by atoms with van der Waals surface area (Å²) < 4.78 is 35.7. The van der Waals surface area contributed by atoms with Crippen LogP contribution in [0.1, 0.15) is 5.56 Å². The van der Waals surface area contributed by atoms with E-state index in [1.807, 2.05) is 6.07 Å². The van der Waals surface area contributed by atoms with Gasteiger partial charge in [0.2, 0.25) is 0 Å². The molecule has 14 heavy (non-hydrogen) atoms. The molecule has 0 aliphatic heterocycles. The Hall–Kier alpha value is -1.15. The lowest BCUT2D eigenvalue weighted by atomic mass is 10.2. The van der Waals surface area contributed by atoms with Crippen molar-refractivity contribution < 1.29 is 13.2 Å². The number of nitriles is 1. The SMILES string of the molecule is N#CCc1ccc(SC(F)(F)F)cc1. The van der Waals surface area contributed by atoms with Crippen LogP contribution in [-0.4, -0.2) is 5.51 Å². The number of thioether (sulfide) groups is 1. The summed E-state index contributed by atoms with van der Waals surface area (Å²) in [6.07, 6.45) is 0.219. The van der Waals surface area contributed by atoms with Gasteiger partial charge in [0.25, 0.3) is 0 Å². The molecule has 0 spiro atoms. The third-order valence-corrected chi connectivity index (χ3v) is 2.18. The van der Waals surface area contributed by atoms with Gasteiger partial charge in [-0.05, 0) is 29.5 Å². The quantitative estimate of drug-likeness (QED) is 0.709. The zero-order valence-corrected chi connectivity index (χ0v) is 7.82. The van der Waals surface area contributed by atoms with Gasteiger partial charge in [-0.25, -0.2) is 0 Å². The van der Waals surface area contributed by atoms with Crippen molar-refractivity contribution in [3.8, 4) is 6.07 Å². The first-order valence-electron chi connectivity index (χ1n) is 3.73. The lowest BCUT2D eigenvalue weighted by molar-refractivity contribution is -0.0328. The molecule has 1 rings (SSSR count). The van der Waals surface area contributed by atoms with Crippen molar-refractivity contribution >= 4 is 11.8 Å². The number of alkyl halides is 3. The maximum absolute atomic E-state index is 11.9. The number of rotatable bonds is 2. The topological polar surface area (TPSA) is 23.8 Å². The summed E-state index contributed by atoms with van der Waals surface area (Å²) >= 11 is -0.155. The van der Waals surface area contributed by atoms with Crippen LogP contribution in [0.15, 0.2) is 29.2 Å². The van der Waals surface area contributed by atoms with Gasteiger partial charge in [0.15, 0.2) is 0 Å². The highest BCUT2D eigenvalue weighted by Gasteiger charge is 2.28. The van der Waals surface area contributed by atoms with Crippen LogP contribution in [0, 0.1) is 11.3 Å². The van der Waals surface area contributed by atoms with Gasteiger partial charge in [-0.1, -0.05) is 12.1 Å². The molecule has 0 aromatic heterocycles. The van der Waals surface area contributed by atoms with Gasteiger partial charge in [-0.15, -0.1) is 0 Å². The Kier molecular flexibility index (Phi) is 3.42. The molecule has 0 heterocycles. The van der Waals surface area contributed by atoms with E-state index in [0.29, 0.717) is 0 Å². The van der Waals surface area contributed by atoms with Gasteiger partial charge in [-0.3, -0.25) is 0 Å². The molecule has 0 N–H and O–H groups in total. The molecule has 0 aliphatic carbocycles. The van der Waals surface area contributed by atoms with Gasteiger partial charge in [0, 0.05) is 4.90 Å². The standard InChI is InChI=1S/C9H6F3NS/c10-9(11,12)14-8-3-1-7(2-4-8)5-6-13/h1-4H,5H2. The zero-order chi connectivity index (χ0) is 10.6. The van der Waals surface area contributed by atoms with Crippen LogP contribution < -0.4 is 0 Å². The fourth-order valence-electron chi connectivity index (χ4n) is 0.900. The molecule has 5 heteroatoms. The highest BCUT2D eigenvalue weighted by Crippen LogP contribution is 2.36. The molecule has 0 fully saturated rings. The average Bonchev–Trinajstić information content (AvgIpc) is 2.06. The zero-order valence-electron chi connectivity index (χ0n) is 7.01. The molecule has 0 atom stereocenters. The molecule has 1 aromatic rings. The molecule has 0 radical (unpaired) electrons. The predicted octanol–water partition coefficient (Wildman–Crippen LogP) is 3.36. The Labute approximate surface area is 83.5 Å². The Balaban J connectivity index is 2.70. The first-order valence-corrected chi connectivity index (χ1v) is 4.54. The lowest BCUT2D eigenvalue weighted by Crippen LogP contribution is -1.98. The monoisotopic (exact) mass is 217 g/mol. The first kappa shape index (κ1) is 10.9. The Morgan fingerprint density at radius 1 is 1.21 bits per heavy atom. The Morgan fingerprint density at radius 3 is 2.21 bits per heavy atom. The maximum atomic E-state index is 11.9. The molecule has 0 saturated heterocycles. The predicted molar refractivity (Wildman–Crippen MR) is 47.7 cm³/mol. The number of nitrogens with zero attached hydrogens (tertiary/aromatic N) is 1. The van der Waals surface area contributed by atoms with E-state index < -0.39 is 5.51 Å². The number of hydrogen-bond acceptors (Lipinski definition) is 2. The fraction of sp³-hybridized carbons (Fsp3) is 0.222. The van der Waals surface area contributed by atoms with E-state index in [0.717, 1.165) is 5.56 Å². The first-order chi connectivity index (χ1) is 6.51. The molecule has 0 amide bonds. The van der Waals surface area contributed by atoms with Crippen LogP contribution in [0.25, 0.3) is 0 Å². The second kappa shape index (κ2) is 4.38. The van der Waals surface area contributed by atoms with E-state index in [9.17, 15) is 13.2 Å². The van der Waals surface area contributed by atoms with Crippen LogP contribution in [0.3, 0.4) is 0 Å². The minimum absolute atomic E-state index is 0.138. The summed E-state index contributed by atoms with van der Waals surface area (Å²) in [5, 5.41) is 8.34. The fourth-order valence-corrected chi connectivity index (χ4v) is 1.44. The number of benzene rings is 1. The van der Waals surface area contributed by atoms with E-state index in [4.69, 9.17) is 5.26 Å². The molecule has 0 unspecified atom stereocenters. The van der Waals surface area contributed by atoms with Crippen LogP contribution >= 0.6 is 11.8 Å².